The second-order valence-corrected chi connectivity index (χ2v) is 5.36. The first kappa shape index (κ1) is 9.78. The molecule has 0 aliphatic carbocycles. The standard InChI is InChI=1S/C9H18N2S/c1-8(2,3)11-7(12)10-6-9(11,4)5/h6H2,1-5H3,(H,10,12). The third-order valence-corrected chi connectivity index (χ3v) is 2.48. The number of nitrogens with one attached hydrogen (secondary N) is 1. The fourth-order valence-corrected chi connectivity index (χ4v) is 2.53. The van der Waals surface area contributed by atoms with E-state index in [-0.39, 0.29) is 11.1 Å². The van der Waals surface area contributed by atoms with Gasteiger partial charge in [-0.15, -0.1) is 0 Å². The Morgan fingerprint density at radius 1 is 1.42 bits per heavy atom. The van der Waals surface area contributed by atoms with Crippen molar-refractivity contribution >= 4 is 17.3 Å². The van der Waals surface area contributed by atoms with Crippen LogP contribution in [-0.2, 0) is 0 Å². The molecule has 0 bridgehead atoms. The molecule has 0 amide bonds. The fourth-order valence-electron chi connectivity index (χ4n) is 1.94. The van der Waals surface area contributed by atoms with E-state index in [2.05, 4.69) is 44.8 Å². The molecule has 1 saturated heterocycles. The minimum absolute atomic E-state index is 0.115. The van der Waals surface area contributed by atoms with Crippen molar-refractivity contribution in [2.45, 2.75) is 45.7 Å². The number of nitrogens with zero attached hydrogens (tertiary/aromatic N) is 1. The highest BCUT2D eigenvalue weighted by atomic mass is 32.1. The molecule has 2 nitrogen and oxygen atoms in total. The summed E-state index contributed by atoms with van der Waals surface area (Å²) in [7, 11) is 0. The molecule has 0 saturated carbocycles. The fraction of sp³-hybridized carbons (Fsp3) is 0.889. The lowest BCUT2D eigenvalue weighted by Gasteiger charge is -2.42. The second kappa shape index (κ2) is 2.59. The third kappa shape index (κ3) is 1.56. The van der Waals surface area contributed by atoms with Crippen LogP contribution < -0.4 is 5.32 Å². The Morgan fingerprint density at radius 3 is 2.08 bits per heavy atom. The van der Waals surface area contributed by atoms with Gasteiger partial charge in [0, 0.05) is 12.1 Å². The maximum atomic E-state index is 5.25. The maximum Gasteiger partial charge on any atom is 0.169 e. The average molecular weight is 186 g/mol. The first-order valence-electron chi connectivity index (χ1n) is 4.33. The zero-order valence-electron chi connectivity index (χ0n) is 8.56. The quantitative estimate of drug-likeness (QED) is 0.580. The molecule has 1 heterocycles. The summed E-state index contributed by atoms with van der Waals surface area (Å²) in [5, 5.41) is 4.11. The number of rotatable bonds is 0. The summed E-state index contributed by atoms with van der Waals surface area (Å²) in [4.78, 5) is 2.27. The monoisotopic (exact) mass is 186 g/mol. The van der Waals surface area contributed by atoms with E-state index >= 15 is 0 Å². The number of hydrogen-bond acceptors (Lipinski definition) is 1. The average Bonchev–Trinajstić information content (AvgIpc) is 2.03. The van der Waals surface area contributed by atoms with Crippen molar-refractivity contribution in [3.8, 4) is 0 Å². The topological polar surface area (TPSA) is 15.3 Å². The van der Waals surface area contributed by atoms with Crippen LogP contribution in [0.15, 0.2) is 0 Å². The summed E-state index contributed by atoms with van der Waals surface area (Å²) < 4.78 is 0. The molecule has 3 heteroatoms. The van der Waals surface area contributed by atoms with Crippen LogP contribution in [0.1, 0.15) is 34.6 Å². The first-order valence-corrected chi connectivity index (χ1v) is 4.74. The van der Waals surface area contributed by atoms with Gasteiger partial charge < -0.3 is 10.2 Å². The molecule has 0 aromatic carbocycles. The van der Waals surface area contributed by atoms with Gasteiger partial charge in [0.15, 0.2) is 5.11 Å². The van der Waals surface area contributed by atoms with Gasteiger partial charge in [-0.2, -0.15) is 0 Å². The van der Waals surface area contributed by atoms with E-state index in [1.54, 1.807) is 0 Å². The van der Waals surface area contributed by atoms with Crippen molar-refractivity contribution in [2.24, 2.45) is 0 Å². The summed E-state index contributed by atoms with van der Waals surface area (Å²) in [6, 6.07) is 0. The molecule has 12 heavy (non-hydrogen) atoms. The van der Waals surface area contributed by atoms with Gasteiger partial charge in [0.25, 0.3) is 0 Å². The SMILES string of the molecule is CC(C)(C)N1C(=S)NCC1(C)C. The lowest BCUT2D eigenvalue weighted by molar-refractivity contribution is 0.140. The van der Waals surface area contributed by atoms with Crippen LogP contribution in [0.5, 0.6) is 0 Å². The molecule has 0 atom stereocenters. The molecule has 1 N–H and O–H groups in total. The molecule has 0 spiro atoms. The highest BCUT2D eigenvalue weighted by Crippen LogP contribution is 2.28. The molecule has 1 fully saturated rings. The van der Waals surface area contributed by atoms with Crippen LogP contribution in [0, 0.1) is 0 Å². The molecule has 0 aromatic rings. The molecular weight excluding hydrogens is 168 g/mol. The minimum Gasteiger partial charge on any atom is -0.360 e. The highest BCUT2D eigenvalue weighted by Gasteiger charge is 2.41. The Balaban J connectivity index is 2.93. The lowest BCUT2D eigenvalue weighted by Crippen LogP contribution is -2.52. The van der Waals surface area contributed by atoms with Crippen molar-refractivity contribution in [1.82, 2.24) is 10.2 Å². The van der Waals surface area contributed by atoms with E-state index in [0.717, 1.165) is 11.7 Å². The predicted molar refractivity (Wildman–Crippen MR) is 56.3 cm³/mol. The molecular formula is C9H18N2S. The molecule has 1 aliphatic rings. The molecule has 1 rings (SSSR count). The van der Waals surface area contributed by atoms with Crippen LogP contribution in [-0.4, -0.2) is 27.6 Å². The van der Waals surface area contributed by atoms with Gasteiger partial charge in [-0.05, 0) is 46.8 Å². The van der Waals surface area contributed by atoms with Crippen molar-refractivity contribution in [1.29, 1.82) is 0 Å². The van der Waals surface area contributed by atoms with Crippen molar-refractivity contribution in [3.05, 3.63) is 0 Å². The van der Waals surface area contributed by atoms with Gasteiger partial charge in [0.1, 0.15) is 0 Å². The Hall–Kier alpha value is -0.310. The highest BCUT2D eigenvalue weighted by molar-refractivity contribution is 7.80. The van der Waals surface area contributed by atoms with E-state index in [1.807, 2.05) is 0 Å². The van der Waals surface area contributed by atoms with E-state index in [1.165, 1.54) is 0 Å². The van der Waals surface area contributed by atoms with Crippen LogP contribution in [0.4, 0.5) is 0 Å². The van der Waals surface area contributed by atoms with Crippen LogP contribution >= 0.6 is 12.2 Å². The summed E-state index contributed by atoms with van der Waals surface area (Å²) in [5.74, 6) is 0. The molecule has 70 valence electrons. The zero-order chi connectivity index (χ0) is 9.57. The van der Waals surface area contributed by atoms with Crippen LogP contribution in [0.25, 0.3) is 0 Å². The Bertz CT molecular complexity index is 203. The Labute approximate surface area is 80.3 Å². The van der Waals surface area contributed by atoms with Crippen LogP contribution in [0.2, 0.25) is 0 Å². The van der Waals surface area contributed by atoms with E-state index < -0.39 is 0 Å². The molecule has 0 aromatic heterocycles. The van der Waals surface area contributed by atoms with E-state index in [0.29, 0.717) is 0 Å². The van der Waals surface area contributed by atoms with E-state index in [9.17, 15) is 0 Å². The molecule has 1 aliphatic heterocycles. The maximum absolute atomic E-state index is 5.25. The largest absolute Gasteiger partial charge is 0.360 e. The Kier molecular flexibility index (Phi) is 2.11. The zero-order valence-corrected chi connectivity index (χ0v) is 9.38. The summed E-state index contributed by atoms with van der Waals surface area (Å²) in [6.07, 6.45) is 0. The Morgan fingerprint density at radius 2 is 1.92 bits per heavy atom. The second-order valence-electron chi connectivity index (χ2n) is 4.98. The summed E-state index contributed by atoms with van der Waals surface area (Å²) in [6.45, 7) is 11.9. The molecule has 0 unspecified atom stereocenters. The summed E-state index contributed by atoms with van der Waals surface area (Å²) in [5.41, 5.74) is 0.263. The van der Waals surface area contributed by atoms with Crippen molar-refractivity contribution < 1.29 is 0 Å². The third-order valence-electron chi connectivity index (χ3n) is 2.15. The smallest absolute Gasteiger partial charge is 0.169 e. The van der Waals surface area contributed by atoms with Gasteiger partial charge in [-0.25, -0.2) is 0 Å². The first-order chi connectivity index (χ1) is 5.25. The van der Waals surface area contributed by atoms with Crippen LogP contribution in [0.3, 0.4) is 0 Å². The van der Waals surface area contributed by atoms with Gasteiger partial charge in [0.05, 0.1) is 5.54 Å². The van der Waals surface area contributed by atoms with Crippen molar-refractivity contribution in [3.63, 3.8) is 0 Å². The van der Waals surface area contributed by atoms with Crippen molar-refractivity contribution in [2.75, 3.05) is 6.54 Å². The van der Waals surface area contributed by atoms with Gasteiger partial charge >= 0.3 is 0 Å². The van der Waals surface area contributed by atoms with E-state index in [4.69, 9.17) is 12.2 Å². The van der Waals surface area contributed by atoms with Gasteiger partial charge in [-0.3, -0.25) is 0 Å². The van der Waals surface area contributed by atoms with Gasteiger partial charge in [-0.1, -0.05) is 0 Å². The summed E-state index contributed by atoms with van der Waals surface area (Å²) >= 11 is 5.25. The van der Waals surface area contributed by atoms with Gasteiger partial charge in [0.2, 0.25) is 0 Å². The normalized spacial score (nSPS) is 22.8. The predicted octanol–water partition coefficient (Wildman–Crippen LogP) is 1.75. The molecule has 0 radical (unpaired) electrons. The number of hydrogen-bond donors (Lipinski definition) is 1. The minimum atomic E-state index is 0.115. The lowest BCUT2D eigenvalue weighted by atomic mass is 9.97. The number of thiocarbonyl (C=S) groups is 1.